The summed E-state index contributed by atoms with van der Waals surface area (Å²) >= 11 is 0. The molecule has 2 aliphatic heterocycles. The van der Waals surface area contributed by atoms with Gasteiger partial charge in [0.1, 0.15) is 11.5 Å². The smallest absolute Gasteiger partial charge is 0.271 e. The molecular formula is C18H20FN3O3. The number of ether oxygens (including phenoxy) is 2. The first-order valence-corrected chi connectivity index (χ1v) is 8.24. The van der Waals surface area contributed by atoms with Gasteiger partial charge in [0, 0.05) is 18.7 Å². The average Bonchev–Trinajstić information content (AvgIpc) is 3.03. The zero-order chi connectivity index (χ0) is 17.7. The number of nitrogens with zero attached hydrogens (tertiary/aromatic N) is 2. The van der Waals surface area contributed by atoms with E-state index in [-0.39, 0.29) is 17.1 Å². The molecule has 0 unspecified atom stereocenters. The fourth-order valence-electron chi connectivity index (χ4n) is 3.20. The summed E-state index contributed by atoms with van der Waals surface area (Å²) in [6.45, 7) is 6.17. The molecule has 1 aromatic carbocycles. The van der Waals surface area contributed by atoms with Gasteiger partial charge in [-0.3, -0.25) is 9.89 Å². The van der Waals surface area contributed by atoms with E-state index in [4.69, 9.17) is 9.47 Å². The van der Waals surface area contributed by atoms with Crippen molar-refractivity contribution in [1.82, 2.24) is 15.1 Å². The van der Waals surface area contributed by atoms with Crippen LogP contribution in [0.5, 0.6) is 0 Å². The van der Waals surface area contributed by atoms with Gasteiger partial charge in [-0.15, -0.1) is 0 Å². The van der Waals surface area contributed by atoms with Crippen LogP contribution in [0.1, 0.15) is 24.3 Å². The van der Waals surface area contributed by atoms with Gasteiger partial charge in [-0.1, -0.05) is 0 Å². The van der Waals surface area contributed by atoms with Crippen molar-refractivity contribution in [3.05, 3.63) is 41.8 Å². The van der Waals surface area contributed by atoms with E-state index in [1.807, 2.05) is 13.8 Å². The van der Waals surface area contributed by atoms with Crippen LogP contribution < -0.4 is 0 Å². The molecule has 0 aliphatic carbocycles. The number of aromatic nitrogens is 2. The quantitative estimate of drug-likeness (QED) is 0.908. The highest BCUT2D eigenvalue weighted by Crippen LogP contribution is 2.38. The monoisotopic (exact) mass is 345 g/mol. The van der Waals surface area contributed by atoms with Crippen LogP contribution in [0.4, 0.5) is 4.39 Å². The number of aromatic amines is 1. The molecule has 4 rings (SSSR count). The van der Waals surface area contributed by atoms with Crippen LogP contribution in [0.15, 0.2) is 30.3 Å². The molecule has 25 heavy (non-hydrogen) atoms. The summed E-state index contributed by atoms with van der Waals surface area (Å²) in [7, 11) is 0. The predicted molar refractivity (Wildman–Crippen MR) is 88.3 cm³/mol. The summed E-state index contributed by atoms with van der Waals surface area (Å²) in [5.41, 5.74) is 1.69. The average molecular weight is 345 g/mol. The van der Waals surface area contributed by atoms with Crippen molar-refractivity contribution in [3.63, 3.8) is 0 Å². The lowest BCUT2D eigenvalue weighted by atomic mass is 9.80. The van der Waals surface area contributed by atoms with E-state index in [0.717, 1.165) is 5.56 Å². The third kappa shape index (κ3) is 3.05. The Balaban J connectivity index is 1.41. The van der Waals surface area contributed by atoms with Crippen LogP contribution in [-0.2, 0) is 9.47 Å². The van der Waals surface area contributed by atoms with Crippen LogP contribution >= 0.6 is 0 Å². The highest BCUT2D eigenvalue weighted by molar-refractivity contribution is 5.94. The first-order valence-electron chi connectivity index (χ1n) is 8.24. The largest absolute Gasteiger partial charge is 0.350 e. The topological polar surface area (TPSA) is 67.5 Å². The second-order valence-electron chi connectivity index (χ2n) is 7.31. The second kappa shape index (κ2) is 5.64. The summed E-state index contributed by atoms with van der Waals surface area (Å²) in [4.78, 5) is 14.3. The van der Waals surface area contributed by atoms with Crippen LogP contribution in [0.3, 0.4) is 0 Å². The van der Waals surface area contributed by atoms with E-state index in [1.54, 1.807) is 23.1 Å². The molecule has 0 atom stereocenters. The van der Waals surface area contributed by atoms with E-state index in [9.17, 15) is 9.18 Å². The Bertz CT molecular complexity index is 782. The highest BCUT2D eigenvalue weighted by atomic mass is 19.1. The summed E-state index contributed by atoms with van der Waals surface area (Å²) in [6, 6.07) is 7.70. The van der Waals surface area contributed by atoms with Crippen LogP contribution in [-0.4, -0.2) is 53.1 Å². The zero-order valence-corrected chi connectivity index (χ0v) is 14.2. The molecule has 1 aromatic heterocycles. The molecule has 7 heteroatoms. The Morgan fingerprint density at radius 1 is 1.20 bits per heavy atom. The molecule has 1 amide bonds. The molecule has 6 nitrogen and oxygen atoms in total. The van der Waals surface area contributed by atoms with Gasteiger partial charge < -0.3 is 14.4 Å². The second-order valence-corrected chi connectivity index (χ2v) is 7.31. The lowest BCUT2D eigenvalue weighted by molar-refractivity contribution is -0.301. The fraction of sp³-hybridized carbons (Fsp3) is 0.444. The first kappa shape index (κ1) is 16.2. The summed E-state index contributed by atoms with van der Waals surface area (Å²) in [6.07, 6.45) is 0. The Morgan fingerprint density at radius 3 is 2.48 bits per heavy atom. The Morgan fingerprint density at radius 2 is 1.84 bits per heavy atom. The summed E-state index contributed by atoms with van der Waals surface area (Å²) in [5, 5.41) is 6.93. The van der Waals surface area contributed by atoms with Crippen molar-refractivity contribution in [2.45, 2.75) is 19.6 Å². The Kier molecular flexibility index (Phi) is 3.66. The van der Waals surface area contributed by atoms with Gasteiger partial charge >= 0.3 is 0 Å². The standard InChI is InChI=1S/C18H20FN3O3/c1-17(2)24-10-18(11-25-17)8-22(9-18)16(23)15-7-14(20-21-15)12-3-5-13(19)6-4-12/h3-7H,8-11H2,1-2H3,(H,20,21). The molecule has 1 N–H and O–H groups in total. The van der Waals surface area contributed by atoms with Gasteiger partial charge in [0.15, 0.2) is 5.79 Å². The molecule has 0 radical (unpaired) electrons. The number of nitrogens with one attached hydrogen (secondary N) is 1. The number of benzene rings is 1. The normalized spacial score (nSPS) is 21.2. The maximum Gasteiger partial charge on any atom is 0.271 e. The zero-order valence-electron chi connectivity index (χ0n) is 14.2. The van der Waals surface area contributed by atoms with Crippen molar-refractivity contribution in [1.29, 1.82) is 0 Å². The number of likely N-dealkylation sites (tertiary alicyclic amines) is 1. The number of carbonyl (C=O) groups excluding carboxylic acids is 1. The summed E-state index contributed by atoms with van der Waals surface area (Å²) < 4.78 is 24.4. The van der Waals surface area contributed by atoms with E-state index < -0.39 is 5.79 Å². The van der Waals surface area contributed by atoms with Crippen molar-refractivity contribution < 1.29 is 18.7 Å². The number of hydrogen-bond donors (Lipinski definition) is 1. The molecule has 2 aromatic rings. The van der Waals surface area contributed by atoms with Crippen molar-refractivity contribution in [3.8, 4) is 11.3 Å². The Labute approximate surface area is 144 Å². The van der Waals surface area contributed by atoms with Crippen molar-refractivity contribution in [2.75, 3.05) is 26.3 Å². The maximum absolute atomic E-state index is 13.0. The number of halogens is 1. The van der Waals surface area contributed by atoms with E-state index in [0.29, 0.717) is 37.7 Å². The maximum atomic E-state index is 13.0. The Hall–Kier alpha value is -2.25. The molecule has 2 aliphatic rings. The van der Waals surface area contributed by atoms with Gasteiger partial charge in [-0.05, 0) is 44.2 Å². The summed E-state index contributed by atoms with van der Waals surface area (Å²) in [5.74, 6) is -0.957. The van der Waals surface area contributed by atoms with Gasteiger partial charge in [0.05, 0.1) is 24.3 Å². The van der Waals surface area contributed by atoms with Gasteiger partial charge in [-0.25, -0.2) is 4.39 Å². The minimum atomic E-state index is -0.552. The van der Waals surface area contributed by atoms with Crippen LogP contribution in [0.2, 0.25) is 0 Å². The number of rotatable bonds is 2. The SMILES string of the molecule is CC1(C)OCC2(CO1)CN(C(=O)c1cc(-c3ccc(F)cc3)n[nH]1)C2. The lowest BCUT2D eigenvalue weighted by Crippen LogP contribution is -2.65. The van der Waals surface area contributed by atoms with Gasteiger partial charge in [0.2, 0.25) is 0 Å². The molecule has 0 saturated carbocycles. The molecular weight excluding hydrogens is 325 g/mol. The molecule has 3 heterocycles. The fourth-order valence-corrected chi connectivity index (χ4v) is 3.20. The van der Waals surface area contributed by atoms with E-state index >= 15 is 0 Å². The third-order valence-electron chi connectivity index (χ3n) is 4.74. The van der Waals surface area contributed by atoms with Gasteiger partial charge in [-0.2, -0.15) is 5.10 Å². The minimum absolute atomic E-state index is 0.101. The van der Waals surface area contributed by atoms with Gasteiger partial charge in [0.25, 0.3) is 5.91 Å². The molecule has 2 fully saturated rings. The number of carbonyl (C=O) groups is 1. The highest BCUT2D eigenvalue weighted by Gasteiger charge is 2.50. The van der Waals surface area contributed by atoms with Crippen molar-refractivity contribution in [2.24, 2.45) is 5.41 Å². The predicted octanol–water partition coefficient (Wildman–Crippen LogP) is 2.44. The third-order valence-corrected chi connectivity index (χ3v) is 4.74. The van der Waals surface area contributed by atoms with E-state index in [2.05, 4.69) is 10.2 Å². The van der Waals surface area contributed by atoms with Crippen molar-refractivity contribution >= 4 is 5.91 Å². The number of amides is 1. The number of H-pyrrole nitrogens is 1. The molecule has 2 saturated heterocycles. The van der Waals surface area contributed by atoms with Crippen LogP contribution in [0, 0.1) is 11.2 Å². The van der Waals surface area contributed by atoms with Crippen LogP contribution in [0.25, 0.3) is 11.3 Å². The number of hydrogen-bond acceptors (Lipinski definition) is 4. The van der Waals surface area contributed by atoms with E-state index in [1.165, 1.54) is 12.1 Å². The molecule has 132 valence electrons. The lowest BCUT2D eigenvalue weighted by Gasteiger charge is -2.53. The first-order chi connectivity index (χ1) is 11.9. The molecule has 0 bridgehead atoms. The molecule has 1 spiro atoms. The minimum Gasteiger partial charge on any atom is -0.350 e.